The molecule has 1 aliphatic heterocycles. The molecular weight excluding hydrogens is 244 g/mol. The van der Waals surface area contributed by atoms with Crippen LogP contribution >= 0.6 is 0 Å². The van der Waals surface area contributed by atoms with Crippen molar-refractivity contribution in [1.82, 2.24) is 10.2 Å². The van der Waals surface area contributed by atoms with Gasteiger partial charge in [0, 0.05) is 13.1 Å². The summed E-state index contributed by atoms with van der Waals surface area (Å²) in [6, 6.07) is 0. The first kappa shape index (κ1) is 14.2. The highest BCUT2D eigenvalue weighted by molar-refractivity contribution is 5.92. The van der Waals surface area contributed by atoms with Crippen molar-refractivity contribution >= 4 is 12.0 Å². The van der Waals surface area contributed by atoms with Gasteiger partial charge in [0.1, 0.15) is 11.1 Å². The minimum absolute atomic E-state index is 0.0676. The monoisotopic (exact) mass is 268 g/mol. The summed E-state index contributed by atoms with van der Waals surface area (Å²) in [5.74, 6) is 0.0676. The lowest BCUT2D eigenvalue weighted by molar-refractivity contribution is -0.135. The Balaban J connectivity index is 1.91. The SMILES string of the molecule is CC(C)(C)OC(=O)NC1(C(=O)N2CCCCC2)CC1. The van der Waals surface area contributed by atoms with Gasteiger partial charge in [0.2, 0.25) is 5.91 Å². The van der Waals surface area contributed by atoms with Crippen LogP contribution in [0.1, 0.15) is 52.9 Å². The van der Waals surface area contributed by atoms with Crippen molar-refractivity contribution in [2.75, 3.05) is 13.1 Å². The molecule has 1 N–H and O–H groups in total. The van der Waals surface area contributed by atoms with Gasteiger partial charge in [0.05, 0.1) is 0 Å². The Morgan fingerprint density at radius 2 is 1.68 bits per heavy atom. The molecule has 2 aliphatic rings. The number of alkyl carbamates (subject to hydrolysis) is 1. The zero-order valence-corrected chi connectivity index (χ0v) is 12.1. The summed E-state index contributed by atoms with van der Waals surface area (Å²) in [6.45, 7) is 7.09. The molecule has 108 valence electrons. The number of piperidine rings is 1. The average Bonchev–Trinajstić information content (AvgIpc) is 3.07. The predicted molar refractivity (Wildman–Crippen MR) is 71.8 cm³/mol. The first-order valence-electron chi connectivity index (χ1n) is 7.13. The first-order chi connectivity index (χ1) is 8.82. The zero-order valence-electron chi connectivity index (χ0n) is 12.1. The maximum atomic E-state index is 12.4. The fourth-order valence-electron chi connectivity index (χ4n) is 2.42. The van der Waals surface area contributed by atoms with E-state index in [1.165, 1.54) is 6.42 Å². The number of nitrogens with zero attached hydrogens (tertiary/aromatic N) is 1. The second-order valence-electron chi connectivity index (χ2n) is 6.56. The summed E-state index contributed by atoms with van der Waals surface area (Å²) < 4.78 is 5.23. The van der Waals surface area contributed by atoms with E-state index in [2.05, 4.69) is 5.32 Å². The lowest BCUT2D eigenvalue weighted by atomic mass is 10.1. The summed E-state index contributed by atoms with van der Waals surface area (Å²) in [4.78, 5) is 26.1. The van der Waals surface area contributed by atoms with Crippen molar-refractivity contribution in [2.45, 2.75) is 64.0 Å². The molecule has 2 fully saturated rings. The fourth-order valence-corrected chi connectivity index (χ4v) is 2.42. The van der Waals surface area contributed by atoms with Gasteiger partial charge in [-0.25, -0.2) is 4.79 Å². The number of hydrogen-bond donors (Lipinski definition) is 1. The summed E-state index contributed by atoms with van der Waals surface area (Å²) in [7, 11) is 0. The van der Waals surface area contributed by atoms with Crippen molar-refractivity contribution in [1.29, 1.82) is 0 Å². The second-order valence-corrected chi connectivity index (χ2v) is 6.56. The van der Waals surface area contributed by atoms with Crippen LogP contribution in [0.5, 0.6) is 0 Å². The normalized spacial score (nSPS) is 21.7. The third-order valence-corrected chi connectivity index (χ3v) is 3.54. The van der Waals surface area contributed by atoms with E-state index in [1.807, 2.05) is 25.7 Å². The van der Waals surface area contributed by atoms with Gasteiger partial charge < -0.3 is 15.0 Å². The quantitative estimate of drug-likeness (QED) is 0.834. The molecule has 0 unspecified atom stereocenters. The van der Waals surface area contributed by atoms with Gasteiger partial charge in [-0.1, -0.05) is 0 Å². The highest BCUT2D eigenvalue weighted by Crippen LogP contribution is 2.38. The fraction of sp³-hybridized carbons (Fsp3) is 0.857. The Kier molecular flexibility index (Phi) is 3.74. The predicted octanol–water partition coefficient (Wildman–Crippen LogP) is 2.06. The number of ether oxygens (including phenoxy) is 1. The van der Waals surface area contributed by atoms with E-state index in [1.54, 1.807) is 0 Å². The minimum atomic E-state index is -0.681. The average molecular weight is 268 g/mol. The maximum absolute atomic E-state index is 12.4. The van der Waals surface area contributed by atoms with Gasteiger partial charge in [0.25, 0.3) is 0 Å². The molecular formula is C14H24N2O3. The Hall–Kier alpha value is -1.26. The molecule has 1 saturated carbocycles. The van der Waals surface area contributed by atoms with Gasteiger partial charge in [-0.2, -0.15) is 0 Å². The molecule has 0 aromatic rings. The van der Waals surface area contributed by atoms with Crippen molar-refractivity contribution in [3.63, 3.8) is 0 Å². The van der Waals surface area contributed by atoms with E-state index in [0.29, 0.717) is 0 Å². The first-order valence-corrected chi connectivity index (χ1v) is 7.13. The lowest BCUT2D eigenvalue weighted by Gasteiger charge is -2.31. The van der Waals surface area contributed by atoms with E-state index < -0.39 is 17.2 Å². The number of amides is 2. The van der Waals surface area contributed by atoms with Crippen LogP contribution in [-0.4, -0.2) is 41.1 Å². The number of hydrogen-bond acceptors (Lipinski definition) is 3. The number of nitrogens with one attached hydrogen (secondary N) is 1. The lowest BCUT2D eigenvalue weighted by Crippen LogP contribution is -2.52. The number of carbonyl (C=O) groups excluding carboxylic acids is 2. The van der Waals surface area contributed by atoms with Crippen LogP contribution in [0.3, 0.4) is 0 Å². The van der Waals surface area contributed by atoms with Crippen molar-refractivity contribution in [2.24, 2.45) is 0 Å². The number of rotatable bonds is 2. The molecule has 0 atom stereocenters. The molecule has 19 heavy (non-hydrogen) atoms. The smallest absolute Gasteiger partial charge is 0.408 e. The van der Waals surface area contributed by atoms with Crippen LogP contribution in [-0.2, 0) is 9.53 Å². The second kappa shape index (κ2) is 5.02. The standard InChI is InChI=1S/C14H24N2O3/c1-13(2,3)19-12(18)15-14(7-8-14)11(17)16-9-5-4-6-10-16/h4-10H2,1-3H3,(H,15,18). The van der Waals surface area contributed by atoms with E-state index >= 15 is 0 Å². The van der Waals surface area contributed by atoms with Crippen molar-refractivity contribution in [3.05, 3.63) is 0 Å². The summed E-state index contributed by atoms with van der Waals surface area (Å²) in [5, 5.41) is 2.77. The molecule has 1 saturated heterocycles. The number of carbonyl (C=O) groups is 2. The van der Waals surface area contributed by atoms with Gasteiger partial charge in [-0.15, -0.1) is 0 Å². The molecule has 0 spiro atoms. The summed E-state index contributed by atoms with van der Waals surface area (Å²) in [6.07, 6.45) is 4.28. The Morgan fingerprint density at radius 1 is 1.11 bits per heavy atom. The molecule has 0 radical (unpaired) electrons. The van der Waals surface area contributed by atoms with E-state index in [4.69, 9.17) is 4.74 Å². The van der Waals surface area contributed by atoms with E-state index in [9.17, 15) is 9.59 Å². The topological polar surface area (TPSA) is 58.6 Å². The third-order valence-electron chi connectivity index (χ3n) is 3.54. The Morgan fingerprint density at radius 3 is 2.16 bits per heavy atom. The van der Waals surface area contributed by atoms with Crippen LogP contribution in [0.25, 0.3) is 0 Å². The van der Waals surface area contributed by atoms with Crippen LogP contribution in [0, 0.1) is 0 Å². The third kappa shape index (κ3) is 3.61. The minimum Gasteiger partial charge on any atom is -0.444 e. The summed E-state index contributed by atoms with van der Waals surface area (Å²) in [5.41, 5.74) is -1.21. The molecule has 1 aliphatic carbocycles. The largest absolute Gasteiger partial charge is 0.444 e. The van der Waals surface area contributed by atoms with Crippen molar-refractivity contribution in [3.8, 4) is 0 Å². The highest BCUT2D eigenvalue weighted by Gasteiger charge is 2.53. The zero-order chi connectivity index (χ0) is 14.1. The molecule has 5 nitrogen and oxygen atoms in total. The molecule has 0 aromatic carbocycles. The summed E-state index contributed by atoms with van der Waals surface area (Å²) >= 11 is 0. The molecule has 1 heterocycles. The molecule has 0 bridgehead atoms. The van der Waals surface area contributed by atoms with Crippen molar-refractivity contribution < 1.29 is 14.3 Å². The van der Waals surface area contributed by atoms with Crippen LogP contribution in [0.4, 0.5) is 4.79 Å². The van der Waals surface area contributed by atoms with Crippen LogP contribution < -0.4 is 5.32 Å². The maximum Gasteiger partial charge on any atom is 0.408 e. The van der Waals surface area contributed by atoms with E-state index in [0.717, 1.165) is 38.8 Å². The van der Waals surface area contributed by atoms with Gasteiger partial charge in [0.15, 0.2) is 0 Å². The molecule has 2 amide bonds. The molecule has 0 aromatic heterocycles. The van der Waals surface area contributed by atoms with Gasteiger partial charge >= 0.3 is 6.09 Å². The highest BCUT2D eigenvalue weighted by atomic mass is 16.6. The van der Waals surface area contributed by atoms with Gasteiger partial charge in [-0.05, 0) is 52.9 Å². The van der Waals surface area contributed by atoms with Gasteiger partial charge in [-0.3, -0.25) is 4.79 Å². The number of likely N-dealkylation sites (tertiary alicyclic amines) is 1. The van der Waals surface area contributed by atoms with Crippen LogP contribution in [0.15, 0.2) is 0 Å². The Bertz CT molecular complexity index is 363. The van der Waals surface area contributed by atoms with Crippen LogP contribution in [0.2, 0.25) is 0 Å². The molecule has 5 heteroatoms. The molecule has 2 rings (SSSR count). The van der Waals surface area contributed by atoms with E-state index in [-0.39, 0.29) is 5.91 Å². The Labute approximate surface area is 114 Å².